The summed E-state index contributed by atoms with van der Waals surface area (Å²) < 4.78 is 0. The molecule has 0 fully saturated rings. The Morgan fingerprint density at radius 3 is 2.33 bits per heavy atom. The molecule has 0 spiro atoms. The van der Waals surface area contributed by atoms with E-state index < -0.39 is 12.0 Å². The van der Waals surface area contributed by atoms with E-state index in [0.717, 1.165) is 11.1 Å². The van der Waals surface area contributed by atoms with Gasteiger partial charge in [0.1, 0.15) is 0 Å². The number of carboxylic acids is 1. The number of nitrogens with one attached hydrogen (secondary N) is 1. The molecular weight excluding hydrogens is 230 g/mol. The number of hydrogen-bond acceptors (Lipinski definition) is 2. The lowest BCUT2D eigenvalue weighted by Crippen LogP contribution is -2.36. The quantitative estimate of drug-likeness (QED) is 0.859. The summed E-state index contributed by atoms with van der Waals surface area (Å²) in [5.74, 6) is -1.54. The Morgan fingerprint density at radius 1 is 1.22 bits per heavy atom. The molecule has 0 radical (unpaired) electrons. The molecule has 0 bridgehead atoms. The molecule has 0 aliphatic heterocycles. The summed E-state index contributed by atoms with van der Waals surface area (Å²) in [4.78, 5) is 23.0. The molecule has 0 aliphatic rings. The summed E-state index contributed by atoms with van der Waals surface area (Å²) in [6, 6.07) is 4.47. The molecule has 1 atom stereocenters. The topological polar surface area (TPSA) is 66.4 Å². The lowest BCUT2D eigenvalue weighted by molar-refractivity contribution is -0.142. The smallest absolute Gasteiger partial charge is 0.330 e. The van der Waals surface area contributed by atoms with Crippen molar-refractivity contribution >= 4 is 11.9 Å². The molecule has 1 rings (SSSR count). The van der Waals surface area contributed by atoms with Crippen molar-refractivity contribution in [1.82, 2.24) is 5.32 Å². The van der Waals surface area contributed by atoms with Gasteiger partial charge in [0.15, 0.2) is 6.04 Å². The number of carbonyl (C=O) groups is 2. The van der Waals surface area contributed by atoms with Gasteiger partial charge in [0.2, 0.25) is 5.91 Å². The first-order chi connectivity index (χ1) is 8.34. The Kier molecular flexibility index (Phi) is 4.48. The molecule has 4 nitrogen and oxygen atoms in total. The van der Waals surface area contributed by atoms with Crippen molar-refractivity contribution in [2.75, 3.05) is 0 Å². The SMILES string of the molecule is Cc1cccc(C(NC(=O)C(C)C)C(=O)O)c1C. The first-order valence-electron chi connectivity index (χ1n) is 5.94. The average Bonchev–Trinajstić information content (AvgIpc) is 2.29. The highest BCUT2D eigenvalue weighted by Gasteiger charge is 2.24. The van der Waals surface area contributed by atoms with Crippen molar-refractivity contribution < 1.29 is 14.7 Å². The van der Waals surface area contributed by atoms with Gasteiger partial charge >= 0.3 is 5.97 Å². The Morgan fingerprint density at radius 2 is 1.83 bits per heavy atom. The number of carboxylic acid groups (broad SMARTS) is 1. The molecule has 0 heterocycles. The zero-order valence-electron chi connectivity index (χ0n) is 11.2. The van der Waals surface area contributed by atoms with Crippen molar-refractivity contribution in [3.63, 3.8) is 0 Å². The molecule has 98 valence electrons. The molecule has 1 aromatic carbocycles. The molecule has 2 N–H and O–H groups in total. The minimum atomic E-state index is -1.04. The Hall–Kier alpha value is -1.84. The van der Waals surface area contributed by atoms with Gasteiger partial charge in [-0.1, -0.05) is 32.0 Å². The molecule has 1 amide bonds. The van der Waals surface area contributed by atoms with E-state index >= 15 is 0 Å². The van der Waals surface area contributed by atoms with Crippen molar-refractivity contribution in [3.05, 3.63) is 34.9 Å². The van der Waals surface area contributed by atoms with Crippen LogP contribution in [0.4, 0.5) is 0 Å². The van der Waals surface area contributed by atoms with Crippen LogP contribution in [0.25, 0.3) is 0 Å². The summed E-state index contributed by atoms with van der Waals surface area (Å²) in [6.45, 7) is 7.25. The van der Waals surface area contributed by atoms with Crippen LogP contribution in [-0.2, 0) is 9.59 Å². The zero-order chi connectivity index (χ0) is 13.9. The van der Waals surface area contributed by atoms with Gasteiger partial charge < -0.3 is 10.4 Å². The number of aryl methyl sites for hydroxylation is 1. The number of amides is 1. The molecular formula is C14H19NO3. The maximum atomic E-state index is 11.7. The van der Waals surface area contributed by atoms with Crippen molar-refractivity contribution in [2.45, 2.75) is 33.7 Å². The second-order valence-electron chi connectivity index (χ2n) is 4.72. The minimum absolute atomic E-state index is 0.239. The Bertz CT molecular complexity index is 466. The maximum absolute atomic E-state index is 11.7. The molecule has 1 aromatic rings. The fourth-order valence-corrected chi connectivity index (χ4v) is 1.67. The van der Waals surface area contributed by atoms with Gasteiger partial charge in [0, 0.05) is 5.92 Å². The third kappa shape index (κ3) is 3.09. The normalized spacial score (nSPS) is 12.3. The highest BCUT2D eigenvalue weighted by atomic mass is 16.4. The van der Waals surface area contributed by atoms with Gasteiger partial charge in [-0.15, -0.1) is 0 Å². The Balaban J connectivity index is 3.09. The summed E-state index contributed by atoms with van der Waals surface area (Å²) in [7, 11) is 0. The zero-order valence-corrected chi connectivity index (χ0v) is 11.2. The number of hydrogen-bond donors (Lipinski definition) is 2. The first kappa shape index (κ1) is 14.2. The highest BCUT2D eigenvalue weighted by Crippen LogP contribution is 2.21. The maximum Gasteiger partial charge on any atom is 0.330 e. The fourth-order valence-electron chi connectivity index (χ4n) is 1.67. The van der Waals surface area contributed by atoms with E-state index in [9.17, 15) is 14.7 Å². The second-order valence-corrected chi connectivity index (χ2v) is 4.72. The number of benzene rings is 1. The number of rotatable bonds is 4. The van der Waals surface area contributed by atoms with Crippen molar-refractivity contribution in [1.29, 1.82) is 0 Å². The summed E-state index contributed by atoms with van der Waals surface area (Å²) in [6.07, 6.45) is 0. The van der Waals surface area contributed by atoms with E-state index in [1.165, 1.54) is 0 Å². The van der Waals surface area contributed by atoms with Gasteiger partial charge in [-0.2, -0.15) is 0 Å². The van der Waals surface area contributed by atoms with Crippen LogP contribution < -0.4 is 5.32 Å². The third-order valence-corrected chi connectivity index (χ3v) is 3.02. The minimum Gasteiger partial charge on any atom is -0.479 e. The fraction of sp³-hybridized carbons (Fsp3) is 0.429. The molecule has 0 saturated carbocycles. The number of aliphatic carboxylic acids is 1. The lowest BCUT2D eigenvalue weighted by atomic mass is 9.97. The van der Waals surface area contributed by atoms with E-state index in [-0.39, 0.29) is 11.8 Å². The van der Waals surface area contributed by atoms with Gasteiger partial charge in [0.05, 0.1) is 0 Å². The number of carbonyl (C=O) groups excluding carboxylic acids is 1. The van der Waals surface area contributed by atoms with Crippen LogP contribution in [0, 0.1) is 19.8 Å². The van der Waals surface area contributed by atoms with Gasteiger partial charge in [-0.25, -0.2) is 4.79 Å². The monoisotopic (exact) mass is 249 g/mol. The van der Waals surface area contributed by atoms with Crippen LogP contribution in [0.2, 0.25) is 0 Å². The molecule has 1 unspecified atom stereocenters. The summed E-state index contributed by atoms with van der Waals surface area (Å²) in [5.41, 5.74) is 2.54. The summed E-state index contributed by atoms with van der Waals surface area (Å²) in [5, 5.41) is 11.8. The van der Waals surface area contributed by atoms with E-state index in [4.69, 9.17) is 0 Å². The van der Waals surface area contributed by atoms with Crippen LogP contribution in [0.5, 0.6) is 0 Å². The predicted molar refractivity (Wildman–Crippen MR) is 69.3 cm³/mol. The predicted octanol–water partition coefficient (Wildman–Crippen LogP) is 2.20. The lowest BCUT2D eigenvalue weighted by Gasteiger charge is -2.19. The van der Waals surface area contributed by atoms with Crippen LogP contribution in [0.15, 0.2) is 18.2 Å². The van der Waals surface area contributed by atoms with E-state index in [0.29, 0.717) is 5.56 Å². The molecule has 0 aliphatic carbocycles. The van der Waals surface area contributed by atoms with Gasteiger partial charge in [-0.3, -0.25) is 4.79 Å². The van der Waals surface area contributed by atoms with Crippen LogP contribution in [0.3, 0.4) is 0 Å². The second kappa shape index (κ2) is 5.67. The Labute approximate surface area is 107 Å². The average molecular weight is 249 g/mol. The molecule has 0 saturated heterocycles. The standard InChI is InChI=1S/C14H19NO3/c1-8(2)13(16)15-12(14(17)18)11-7-5-6-9(3)10(11)4/h5-8,12H,1-4H3,(H,15,16)(H,17,18). The molecule has 4 heteroatoms. The molecule has 18 heavy (non-hydrogen) atoms. The summed E-state index contributed by atoms with van der Waals surface area (Å²) >= 11 is 0. The van der Waals surface area contributed by atoms with Crippen molar-refractivity contribution in [3.8, 4) is 0 Å². The van der Waals surface area contributed by atoms with Crippen LogP contribution in [-0.4, -0.2) is 17.0 Å². The third-order valence-electron chi connectivity index (χ3n) is 3.02. The van der Waals surface area contributed by atoms with E-state index in [1.54, 1.807) is 26.0 Å². The van der Waals surface area contributed by atoms with Crippen LogP contribution >= 0.6 is 0 Å². The van der Waals surface area contributed by atoms with Crippen LogP contribution in [0.1, 0.15) is 36.6 Å². The van der Waals surface area contributed by atoms with Gasteiger partial charge in [0.25, 0.3) is 0 Å². The highest BCUT2D eigenvalue weighted by molar-refractivity contribution is 5.85. The largest absolute Gasteiger partial charge is 0.479 e. The molecule has 0 aromatic heterocycles. The first-order valence-corrected chi connectivity index (χ1v) is 5.94. The van der Waals surface area contributed by atoms with E-state index in [2.05, 4.69) is 5.32 Å². The van der Waals surface area contributed by atoms with Crippen molar-refractivity contribution in [2.24, 2.45) is 5.92 Å². The van der Waals surface area contributed by atoms with Gasteiger partial charge in [-0.05, 0) is 30.5 Å². The van der Waals surface area contributed by atoms with E-state index in [1.807, 2.05) is 19.9 Å².